The van der Waals surface area contributed by atoms with E-state index in [0.29, 0.717) is 60.0 Å². The molecule has 4 aliphatic heterocycles. The van der Waals surface area contributed by atoms with Gasteiger partial charge < -0.3 is 43.6 Å². The third-order valence-electron chi connectivity index (χ3n) is 24.1. The molecule has 2 aliphatic carbocycles. The molecule has 2 atom stereocenters. The van der Waals surface area contributed by atoms with E-state index in [0.717, 1.165) is 174 Å². The summed E-state index contributed by atoms with van der Waals surface area (Å²) < 4.78 is 83.9. The van der Waals surface area contributed by atoms with Crippen LogP contribution in [0.1, 0.15) is 135 Å². The molecule has 0 saturated carbocycles. The number of nitrogens with one attached hydrogen (secondary N) is 4. The van der Waals surface area contributed by atoms with Crippen molar-refractivity contribution in [3.05, 3.63) is 233 Å². The Bertz CT molecular complexity index is 5940. The first-order valence-corrected chi connectivity index (χ1v) is 45.1. The number of anilines is 2. The number of hydrogen-bond acceptors (Lipinski definition) is 21. The van der Waals surface area contributed by atoms with Crippen LogP contribution in [0.25, 0.3) is 33.2 Å². The maximum absolute atomic E-state index is 14.0. The van der Waals surface area contributed by atoms with Gasteiger partial charge in [-0.05, 0) is 203 Å². The Morgan fingerprint density at radius 2 is 0.975 bits per heavy atom. The van der Waals surface area contributed by atoms with Crippen LogP contribution in [0.15, 0.2) is 179 Å². The molecule has 16 rings (SSSR count). The minimum Gasteiger partial charge on any atom is -0.493 e. The number of carbonyl (C=O) groups is 2. The number of allylic oxidation sites excluding steroid dienone is 2. The van der Waals surface area contributed by atoms with Crippen molar-refractivity contribution in [2.45, 2.75) is 115 Å². The summed E-state index contributed by atoms with van der Waals surface area (Å²) in [4.78, 5) is 76.6. The molecule has 27 nitrogen and oxygen atoms in total. The second-order valence-electron chi connectivity index (χ2n) is 34.5. The number of aromatic nitrogens is 4. The summed E-state index contributed by atoms with van der Waals surface area (Å²) in [6.07, 6.45) is 16.2. The lowest BCUT2D eigenvalue weighted by Gasteiger charge is -2.39. The Labute approximate surface area is 720 Å². The Balaban J connectivity index is 0.000000190. The van der Waals surface area contributed by atoms with Gasteiger partial charge in [-0.3, -0.25) is 39.6 Å². The van der Waals surface area contributed by atoms with E-state index < -0.39 is 51.5 Å². The van der Waals surface area contributed by atoms with Gasteiger partial charge >= 0.3 is 0 Å². The number of nitro benzene ring substituents is 2. The van der Waals surface area contributed by atoms with Gasteiger partial charge in [-0.2, -0.15) is 0 Å². The average molecular weight is 1740 g/mol. The number of carbonyl (C=O) groups excluding carboxylic acids is 2. The van der Waals surface area contributed by atoms with E-state index >= 15 is 0 Å². The molecular weight excluding hydrogens is 1630 g/mol. The SMILES string of the molecule is CCC[C@H]1COc2cc(S(=O)(=O)NC(=O)c3ccc(N4CCN(CC5=C(c6ccc(Cl)cc6)CC(C)(C)CC5)CC4)cc3Oc3cnc4[nH]ccc4c3)cc([N+](=O)[O-])c2C1.CN(C)CC[C@H]1COc2cc(S(=O)(=O)NC(=O)c3ccc(N4CCN(CC5=C(c6ccc(Cl)cc6)CC(C)(C)CC5)CC4)cc3Oc3cnc4[nH]ccc4c3)cc([N+](=O)[O-])c2C1. The van der Waals surface area contributed by atoms with Gasteiger partial charge in [-0.15, -0.1) is 0 Å². The number of halogens is 2. The summed E-state index contributed by atoms with van der Waals surface area (Å²) in [5.41, 5.74) is 11.5. The van der Waals surface area contributed by atoms with Crippen LogP contribution in [0.4, 0.5) is 22.7 Å². The standard InChI is InChI=1S/C46H52ClN7O7S.C45H49ClN6O7S/c1-46(2)14-11-33(40(26-46)31-5-7-34(47)8-6-31)28-52-17-19-53(20-18-52)35-9-10-38(43(23-35)61-36-22-32-12-15-48-44(32)49-27-36)45(55)50-62(58,59)37-24-41(54(56)57)39-21-30(13-16-51(3)4)29-60-42(39)25-37;1-4-5-29-20-38-40(52(54)55)23-36(24-41(38)58-28-29)60(56,57)49-44(53)37-11-10-34(22-42(37)59-35-21-31-13-15-47-43(31)48-26-35)51-18-16-50(17-19-51)27-32-12-14-45(2,3)25-39(32)30-6-8-33(46)9-7-30/h5-10,12,15,22-25,27,30H,11,13-14,16-21,26,28-29H2,1-4H3,(H,48,49)(H,50,55);6-11,13,15,21-24,26,29H,4-5,12,14,16-20,25,27-28H2,1-3H3,(H,47,48)(H,49,53)/t30-;29-/m11/s1. The summed E-state index contributed by atoms with van der Waals surface area (Å²) in [5.74, 6) is -0.591. The van der Waals surface area contributed by atoms with E-state index in [1.165, 1.54) is 57.9 Å². The number of rotatable bonds is 25. The van der Waals surface area contributed by atoms with E-state index in [-0.39, 0.29) is 68.2 Å². The van der Waals surface area contributed by atoms with Gasteiger partial charge in [-0.25, -0.2) is 36.2 Å². The molecule has 0 spiro atoms. The first-order chi connectivity index (χ1) is 58.3. The van der Waals surface area contributed by atoms with Gasteiger partial charge in [0.1, 0.15) is 45.8 Å². The maximum atomic E-state index is 14.0. The molecule has 0 radical (unpaired) electrons. The highest BCUT2D eigenvalue weighted by Crippen LogP contribution is 2.47. The van der Waals surface area contributed by atoms with Gasteiger partial charge in [0.15, 0.2) is 0 Å². The van der Waals surface area contributed by atoms with Crippen molar-refractivity contribution in [2.24, 2.45) is 22.7 Å². The van der Waals surface area contributed by atoms with Crippen LogP contribution in [0, 0.1) is 42.9 Å². The molecule has 0 unspecified atom stereocenters. The lowest BCUT2D eigenvalue weighted by Crippen LogP contribution is -2.47. The van der Waals surface area contributed by atoms with Crippen LogP contribution in [0.5, 0.6) is 34.5 Å². The fraction of sp³-hybridized carbons (Fsp3) is 0.385. The summed E-state index contributed by atoms with van der Waals surface area (Å²) in [6.45, 7) is 20.7. The Hall–Kier alpha value is -10.9. The zero-order valence-corrected chi connectivity index (χ0v) is 72.6. The smallest absolute Gasteiger partial charge is 0.277 e. The maximum Gasteiger partial charge on any atom is 0.277 e. The number of benzene rings is 6. The number of sulfonamides is 2. The van der Waals surface area contributed by atoms with Gasteiger partial charge in [0.05, 0.1) is 67.5 Å². The number of amides is 2. The Kier molecular flexibility index (Phi) is 25.6. The number of ether oxygens (including phenoxy) is 4. The molecule has 640 valence electrons. The van der Waals surface area contributed by atoms with Crippen molar-refractivity contribution in [3.8, 4) is 34.5 Å². The van der Waals surface area contributed by atoms with Crippen molar-refractivity contribution in [2.75, 3.05) is 109 Å². The number of aromatic amines is 2. The topological polar surface area (TPSA) is 323 Å². The molecule has 8 heterocycles. The molecule has 10 aromatic rings. The van der Waals surface area contributed by atoms with Crippen molar-refractivity contribution in [3.63, 3.8) is 0 Å². The molecule has 122 heavy (non-hydrogen) atoms. The van der Waals surface area contributed by atoms with E-state index in [4.69, 9.17) is 42.1 Å². The zero-order valence-electron chi connectivity index (χ0n) is 69.4. The van der Waals surface area contributed by atoms with Crippen molar-refractivity contribution in [1.82, 2.24) is 44.1 Å². The average Bonchev–Trinajstić information content (AvgIpc) is 0.909. The predicted molar refractivity (Wildman–Crippen MR) is 473 cm³/mol. The Morgan fingerprint density at radius 3 is 1.37 bits per heavy atom. The van der Waals surface area contributed by atoms with Crippen molar-refractivity contribution >= 4 is 111 Å². The molecule has 4 N–H and O–H groups in total. The van der Waals surface area contributed by atoms with E-state index in [2.05, 4.69) is 101 Å². The van der Waals surface area contributed by atoms with Crippen molar-refractivity contribution in [1.29, 1.82) is 0 Å². The van der Waals surface area contributed by atoms with Gasteiger partial charge in [0.25, 0.3) is 43.2 Å². The highest BCUT2D eigenvalue weighted by atomic mass is 35.5. The fourth-order valence-electron chi connectivity index (χ4n) is 17.3. The highest BCUT2D eigenvalue weighted by Gasteiger charge is 2.37. The summed E-state index contributed by atoms with van der Waals surface area (Å²) >= 11 is 12.5. The summed E-state index contributed by atoms with van der Waals surface area (Å²) in [6, 6.07) is 38.2. The van der Waals surface area contributed by atoms with E-state index in [1.54, 1.807) is 60.9 Å². The predicted octanol–water partition coefficient (Wildman–Crippen LogP) is 17.5. The van der Waals surface area contributed by atoms with Crippen molar-refractivity contribution < 1.29 is 55.2 Å². The van der Waals surface area contributed by atoms with E-state index in [1.807, 2.05) is 62.3 Å². The fourth-order valence-corrected chi connectivity index (χ4v) is 19.5. The first-order valence-electron chi connectivity index (χ1n) is 41.4. The number of nitro groups is 2. The third kappa shape index (κ3) is 20.2. The third-order valence-corrected chi connectivity index (χ3v) is 27.2. The molecule has 2 saturated heterocycles. The molecular formula is C91H101Cl2N13O14S2. The monoisotopic (exact) mass is 1730 g/mol. The van der Waals surface area contributed by atoms with Crippen LogP contribution in [-0.2, 0) is 32.9 Å². The van der Waals surface area contributed by atoms with Gasteiger partial charge in [-0.1, -0.05) is 99.7 Å². The number of piperazine rings is 2. The molecule has 0 bridgehead atoms. The number of pyridine rings is 2. The minimum absolute atomic E-state index is 0.0326. The second-order valence-corrected chi connectivity index (χ2v) is 38.7. The first kappa shape index (κ1) is 86.0. The molecule has 6 aromatic carbocycles. The zero-order chi connectivity index (χ0) is 85.9. The lowest BCUT2D eigenvalue weighted by atomic mass is 9.72. The van der Waals surface area contributed by atoms with Gasteiger partial charge in [0.2, 0.25) is 0 Å². The molecule has 4 aromatic heterocycles. The second kappa shape index (κ2) is 36.3. The molecule has 6 aliphatic rings. The Morgan fingerprint density at radius 1 is 0.566 bits per heavy atom. The molecule has 2 fully saturated rings. The summed E-state index contributed by atoms with van der Waals surface area (Å²) in [7, 11) is -5.30. The number of nitrogens with zero attached hydrogens (tertiary/aromatic N) is 9. The molecule has 31 heteroatoms. The minimum atomic E-state index is -4.61. The van der Waals surface area contributed by atoms with E-state index in [9.17, 15) is 46.7 Å². The normalized spacial score (nSPS) is 18.1. The van der Waals surface area contributed by atoms with Gasteiger partial charge in [0, 0.05) is 146 Å². The largest absolute Gasteiger partial charge is 0.493 e. The van der Waals surface area contributed by atoms with Crippen LogP contribution < -0.4 is 38.2 Å². The van der Waals surface area contributed by atoms with Crippen LogP contribution in [0.3, 0.4) is 0 Å². The highest BCUT2D eigenvalue weighted by molar-refractivity contribution is 7.90. The number of hydrogen-bond donors (Lipinski definition) is 4. The number of fused-ring (bicyclic) bond motifs is 4. The van der Waals surface area contributed by atoms with Crippen LogP contribution >= 0.6 is 23.2 Å². The van der Waals surface area contributed by atoms with Crippen LogP contribution in [-0.4, -0.2) is 172 Å². The van der Waals surface area contributed by atoms with Crippen LogP contribution in [0.2, 0.25) is 10.0 Å². The molecule has 2 amide bonds. The quantitative estimate of drug-likeness (QED) is 0.0305. The lowest BCUT2D eigenvalue weighted by molar-refractivity contribution is -0.386. The number of H-pyrrole nitrogens is 2. The summed E-state index contributed by atoms with van der Waals surface area (Å²) in [5, 5.41) is 27.4.